The van der Waals surface area contributed by atoms with Gasteiger partial charge in [-0.05, 0) is 24.3 Å². The van der Waals surface area contributed by atoms with Gasteiger partial charge in [0, 0.05) is 4.90 Å². The molecule has 0 saturated carbocycles. The second-order valence-electron chi connectivity index (χ2n) is 4.67. The van der Waals surface area contributed by atoms with Crippen molar-refractivity contribution in [2.75, 3.05) is 13.7 Å². The Labute approximate surface area is 124 Å². The van der Waals surface area contributed by atoms with E-state index in [0.29, 0.717) is 10.6 Å². The van der Waals surface area contributed by atoms with Gasteiger partial charge in [0.1, 0.15) is 30.2 Å². The maximum atomic E-state index is 12.4. The van der Waals surface area contributed by atoms with Crippen molar-refractivity contribution in [3.63, 3.8) is 0 Å². The average Bonchev–Trinajstić information content (AvgIpc) is 2.52. The molecule has 4 N–H and O–H groups in total. The zero-order chi connectivity index (χ0) is 15.6. The molecule has 1 aromatic carbocycles. The number of methoxy groups -OCH3 is 1. The van der Waals surface area contributed by atoms with Gasteiger partial charge in [-0.15, -0.1) is 0 Å². The third kappa shape index (κ3) is 3.25. The van der Waals surface area contributed by atoms with E-state index in [1.54, 1.807) is 24.3 Å². The topological polar surface area (TPSA) is 116 Å². The Morgan fingerprint density at radius 1 is 1.14 bits per heavy atom. The van der Waals surface area contributed by atoms with Crippen molar-refractivity contribution in [1.29, 1.82) is 0 Å². The molecule has 0 spiro atoms. The van der Waals surface area contributed by atoms with Crippen LogP contribution in [0, 0.1) is 0 Å². The lowest BCUT2D eigenvalue weighted by Gasteiger charge is -2.39. The summed E-state index contributed by atoms with van der Waals surface area (Å²) in [6.07, 6.45) is -5.60. The standard InChI is InChI=1S/C13H18O7S/c1-19-7-2-4-8(5-3-7)21(18)13-12(17)11(16)10(15)9(6-14)20-13/h2-5,9-17H,6H2,1H3/t9-,10-,11+,12-,13?,21?/m1/s1. The summed E-state index contributed by atoms with van der Waals surface area (Å²) in [6, 6.07) is 6.32. The predicted molar refractivity (Wildman–Crippen MR) is 73.2 cm³/mol. The molecule has 6 atom stereocenters. The van der Waals surface area contributed by atoms with Gasteiger partial charge >= 0.3 is 0 Å². The van der Waals surface area contributed by atoms with Crippen LogP contribution in [-0.2, 0) is 15.5 Å². The first-order valence-electron chi connectivity index (χ1n) is 6.34. The molecule has 0 amide bonds. The minimum atomic E-state index is -1.78. The third-order valence-corrected chi connectivity index (χ3v) is 4.90. The van der Waals surface area contributed by atoms with Crippen LogP contribution in [0.2, 0.25) is 0 Å². The van der Waals surface area contributed by atoms with E-state index in [4.69, 9.17) is 14.6 Å². The van der Waals surface area contributed by atoms with E-state index in [-0.39, 0.29) is 0 Å². The van der Waals surface area contributed by atoms with Crippen LogP contribution in [0.4, 0.5) is 0 Å². The number of hydrogen-bond acceptors (Lipinski definition) is 7. The molecule has 2 rings (SSSR count). The van der Waals surface area contributed by atoms with Crippen molar-refractivity contribution in [3.8, 4) is 5.75 Å². The highest BCUT2D eigenvalue weighted by Crippen LogP contribution is 2.27. The summed E-state index contributed by atoms with van der Waals surface area (Å²) in [6.45, 7) is -0.554. The number of rotatable bonds is 4. The first kappa shape index (κ1) is 16.3. The summed E-state index contributed by atoms with van der Waals surface area (Å²) in [4.78, 5) is 0.375. The van der Waals surface area contributed by atoms with E-state index < -0.39 is 47.3 Å². The molecule has 0 aromatic heterocycles. The molecule has 1 aliphatic rings. The first-order valence-corrected chi connectivity index (χ1v) is 7.56. The highest BCUT2D eigenvalue weighted by Gasteiger charge is 2.46. The monoisotopic (exact) mass is 318 g/mol. The Kier molecular flexibility index (Phi) is 5.31. The number of benzene rings is 1. The van der Waals surface area contributed by atoms with Gasteiger partial charge in [-0.3, -0.25) is 4.21 Å². The second kappa shape index (κ2) is 6.82. The number of ether oxygens (including phenoxy) is 2. The molecule has 2 unspecified atom stereocenters. The average molecular weight is 318 g/mol. The number of hydrogen-bond donors (Lipinski definition) is 4. The fraction of sp³-hybridized carbons (Fsp3) is 0.538. The number of aliphatic hydroxyl groups excluding tert-OH is 4. The zero-order valence-corrected chi connectivity index (χ0v) is 12.1. The molecule has 0 aliphatic carbocycles. The van der Waals surface area contributed by atoms with Crippen molar-refractivity contribution in [3.05, 3.63) is 24.3 Å². The lowest BCUT2D eigenvalue weighted by atomic mass is 10.0. The molecule has 118 valence electrons. The lowest BCUT2D eigenvalue weighted by Crippen LogP contribution is -2.59. The van der Waals surface area contributed by atoms with Gasteiger partial charge in [0.05, 0.1) is 24.5 Å². The van der Waals surface area contributed by atoms with E-state index in [0.717, 1.165) is 0 Å². The second-order valence-corrected chi connectivity index (χ2v) is 6.20. The van der Waals surface area contributed by atoms with E-state index in [9.17, 15) is 19.5 Å². The Morgan fingerprint density at radius 2 is 1.76 bits per heavy atom. The molecule has 1 aromatic rings. The van der Waals surface area contributed by atoms with Crippen LogP contribution in [0.1, 0.15) is 0 Å². The Hall–Kier alpha value is -1.03. The summed E-state index contributed by atoms with van der Waals surface area (Å²) in [5.41, 5.74) is -1.24. The van der Waals surface area contributed by atoms with E-state index >= 15 is 0 Å². The summed E-state index contributed by atoms with van der Waals surface area (Å²) in [5.74, 6) is 0.588. The highest BCUT2D eigenvalue weighted by molar-refractivity contribution is 7.85. The molecule has 8 heteroatoms. The van der Waals surface area contributed by atoms with E-state index in [1.807, 2.05) is 0 Å². The smallest absolute Gasteiger partial charge is 0.166 e. The number of aliphatic hydroxyl groups is 4. The Balaban J connectivity index is 2.20. The van der Waals surface area contributed by atoms with Crippen molar-refractivity contribution >= 4 is 10.8 Å². The zero-order valence-electron chi connectivity index (χ0n) is 11.3. The van der Waals surface area contributed by atoms with Gasteiger partial charge in [0.15, 0.2) is 5.44 Å². The van der Waals surface area contributed by atoms with E-state index in [2.05, 4.69) is 0 Å². The fourth-order valence-corrected chi connectivity index (χ4v) is 3.42. The molecule has 1 saturated heterocycles. The van der Waals surface area contributed by atoms with Gasteiger partial charge in [-0.2, -0.15) is 0 Å². The fourth-order valence-electron chi connectivity index (χ4n) is 2.09. The quantitative estimate of drug-likeness (QED) is 0.539. The van der Waals surface area contributed by atoms with Crippen LogP contribution < -0.4 is 4.74 Å². The van der Waals surface area contributed by atoms with Crippen LogP contribution in [0.3, 0.4) is 0 Å². The van der Waals surface area contributed by atoms with Crippen LogP contribution in [0.5, 0.6) is 5.75 Å². The van der Waals surface area contributed by atoms with Gasteiger partial charge in [0.2, 0.25) is 0 Å². The molecule has 0 bridgehead atoms. The molecule has 7 nitrogen and oxygen atoms in total. The molecular formula is C13H18O7S. The summed E-state index contributed by atoms with van der Waals surface area (Å²) < 4.78 is 22.7. The Bertz CT molecular complexity index is 490. The van der Waals surface area contributed by atoms with Crippen molar-refractivity contribution in [2.45, 2.75) is 34.7 Å². The highest BCUT2D eigenvalue weighted by atomic mass is 32.2. The largest absolute Gasteiger partial charge is 0.497 e. The molecule has 1 fully saturated rings. The minimum absolute atomic E-state index is 0.375. The SMILES string of the molecule is COc1ccc(S(=O)C2O[C@H](CO)[C@@H](O)[C@H](O)[C@H]2O)cc1. The maximum absolute atomic E-state index is 12.4. The van der Waals surface area contributed by atoms with Crippen molar-refractivity contribution in [1.82, 2.24) is 0 Å². The molecule has 21 heavy (non-hydrogen) atoms. The summed E-state index contributed by atoms with van der Waals surface area (Å²) in [5, 5.41) is 38.4. The van der Waals surface area contributed by atoms with Crippen molar-refractivity contribution < 1.29 is 34.1 Å². The van der Waals surface area contributed by atoms with Gasteiger partial charge in [-0.1, -0.05) is 0 Å². The molecule has 0 radical (unpaired) electrons. The third-order valence-electron chi connectivity index (χ3n) is 3.35. The normalized spacial score (nSPS) is 34.4. The van der Waals surface area contributed by atoms with Crippen LogP contribution in [0.25, 0.3) is 0 Å². The van der Waals surface area contributed by atoms with Gasteiger partial charge in [-0.25, -0.2) is 0 Å². The molecule has 1 heterocycles. The summed E-state index contributed by atoms with van der Waals surface area (Å²) in [7, 11) is -0.275. The maximum Gasteiger partial charge on any atom is 0.166 e. The lowest BCUT2D eigenvalue weighted by molar-refractivity contribution is -0.206. The van der Waals surface area contributed by atoms with Gasteiger partial charge < -0.3 is 29.9 Å². The van der Waals surface area contributed by atoms with Gasteiger partial charge in [0.25, 0.3) is 0 Å². The van der Waals surface area contributed by atoms with Crippen LogP contribution in [0.15, 0.2) is 29.2 Å². The first-order chi connectivity index (χ1) is 9.99. The van der Waals surface area contributed by atoms with Crippen molar-refractivity contribution in [2.24, 2.45) is 0 Å². The molecule has 1 aliphatic heterocycles. The van der Waals surface area contributed by atoms with Crippen LogP contribution >= 0.6 is 0 Å². The van der Waals surface area contributed by atoms with Crippen LogP contribution in [-0.4, -0.2) is 68.2 Å². The van der Waals surface area contributed by atoms with E-state index in [1.165, 1.54) is 7.11 Å². The minimum Gasteiger partial charge on any atom is -0.497 e. The Morgan fingerprint density at radius 3 is 2.29 bits per heavy atom. The summed E-state index contributed by atoms with van der Waals surface area (Å²) >= 11 is 0. The predicted octanol–water partition coefficient (Wildman–Crippen LogP) is -1.40. The molecular weight excluding hydrogens is 300 g/mol.